The predicted molar refractivity (Wildman–Crippen MR) is 81.5 cm³/mol. The third-order valence-electron chi connectivity index (χ3n) is 3.60. The molecule has 1 aromatic carbocycles. The van der Waals surface area contributed by atoms with E-state index in [0.717, 1.165) is 36.2 Å². The van der Waals surface area contributed by atoms with Crippen LogP contribution >= 0.6 is 15.9 Å². The molecule has 0 saturated carbocycles. The molecule has 112 valence electrons. The molecular weight excluding hydrogens is 324 g/mol. The van der Waals surface area contributed by atoms with E-state index >= 15 is 0 Å². The second kappa shape index (κ2) is 7.26. The minimum absolute atomic E-state index is 0.0516. The molecule has 5 nitrogen and oxygen atoms in total. The summed E-state index contributed by atoms with van der Waals surface area (Å²) in [5.74, 6) is 1.36. The molecule has 1 unspecified atom stereocenters. The molecule has 2 N–H and O–H groups in total. The molecule has 1 aliphatic rings. The highest BCUT2D eigenvalue weighted by Gasteiger charge is 2.26. The van der Waals surface area contributed by atoms with Crippen molar-refractivity contribution in [3.8, 4) is 11.5 Å². The van der Waals surface area contributed by atoms with Crippen LogP contribution in [0, 0.1) is 0 Å². The Labute approximate surface area is 128 Å². The average molecular weight is 345 g/mol. The van der Waals surface area contributed by atoms with Gasteiger partial charge in [0, 0.05) is 36.2 Å². The molecule has 0 aliphatic carbocycles. The minimum atomic E-state index is -0.0848. The van der Waals surface area contributed by atoms with Gasteiger partial charge in [-0.3, -0.25) is 4.90 Å². The molecule has 2 rings (SSSR count). The number of nitrogens with zero attached hydrogens (tertiary/aromatic N) is 1. The van der Waals surface area contributed by atoms with Gasteiger partial charge in [0.2, 0.25) is 0 Å². The number of piperazine rings is 1. The molecule has 0 radical (unpaired) electrons. The predicted octanol–water partition coefficient (Wildman–Crippen LogP) is 1.40. The van der Waals surface area contributed by atoms with E-state index < -0.39 is 0 Å². The Morgan fingerprint density at radius 1 is 1.30 bits per heavy atom. The number of nitrogens with one attached hydrogen (secondary N) is 1. The maximum atomic E-state index is 9.83. The van der Waals surface area contributed by atoms with Crippen LogP contribution in [0.5, 0.6) is 11.5 Å². The lowest BCUT2D eigenvalue weighted by molar-refractivity contribution is 0.108. The first-order valence-electron chi connectivity index (χ1n) is 6.68. The molecule has 0 spiro atoms. The van der Waals surface area contributed by atoms with Crippen molar-refractivity contribution < 1.29 is 14.6 Å². The van der Waals surface area contributed by atoms with E-state index in [4.69, 9.17) is 9.47 Å². The van der Waals surface area contributed by atoms with Crippen LogP contribution in [0.4, 0.5) is 0 Å². The van der Waals surface area contributed by atoms with Gasteiger partial charge in [0.25, 0.3) is 0 Å². The Balaban J connectivity index is 2.39. The Hall–Kier alpha value is -0.820. The number of rotatable bonds is 5. The number of ether oxygens (including phenoxy) is 2. The van der Waals surface area contributed by atoms with Crippen molar-refractivity contribution in [2.45, 2.75) is 6.04 Å². The van der Waals surface area contributed by atoms with Crippen LogP contribution in [0.1, 0.15) is 11.6 Å². The third-order valence-corrected chi connectivity index (χ3v) is 4.05. The first-order chi connectivity index (χ1) is 9.71. The SMILES string of the molecule is COc1cc(Br)cc(C(CO)N2CCNCC2)c1OC. The van der Waals surface area contributed by atoms with E-state index in [-0.39, 0.29) is 12.6 Å². The largest absolute Gasteiger partial charge is 0.493 e. The fourth-order valence-electron chi connectivity index (χ4n) is 2.61. The zero-order valence-corrected chi connectivity index (χ0v) is 13.4. The van der Waals surface area contributed by atoms with Crippen molar-refractivity contribution in [1.82, 2.24) is 10.2 Å². The van der Waals surface area contributed by atoms with Crippen molar-refractivity contribution >= 4 is 15.9 Å². The Bertz CT molecular complexity index is 450. The van der Waals surface area contributed by atoms with E-state index in [1.165, 1.54) is 0 Å². The van der Waals surface area contributed by atoms with E-state index in [2.05, 4.69) is 26.1 Å². The molecule has 1 aliphatic heterocycles. The summed E-state index contributed by atoms with van der Waals surface area (Å²) in [4.78, 5) is 2.26. The molecule has 0 aromatic heterocycles. The molecule has 6 heteroatoms. The highest BCUT2D eigenvalue weighted by atomic mass is 79.9. The second-order valence-corrected chi connectivity index (χ2v) is 5.63. The van der Waals surface area contributed by atoms with E-state index in [9.17, 15) is 5.11 Å². The highest BCUT2D eigenvalue weighted by molar-refractivity contribution is 9.10. The van der Waals surface area contributed by atoms with Crippen molar-refractivity contribution in [2.24, 2.45) is 0 Å². The summed E-state index contributed by atoms with van der Waals surface area (Å²) in [5.41, 5.74) is 0.947. The van der Waals surface area contributed by atoms with Crippen molar-refractivity contribution in [1.29, 1.82) is 0 Å². The van der Waals surface area contributed by atoms with Crippen LogP contribution in [0.15, 0.2) is 16.6 Å². The van der Waals surface area contributed by atoms with Gasteiger partial charge < -0.3 is 19.9 Å². The first-order valence-corrected chi connectivity index (χ1v) is 7.47. The van der Waals surface area contributed by atoms with E-state index in [0.29, 0.717) is 11.5 Å². The molecule has 1 aromatic rings. The number of benzene rings is 1. The Morgan fingerprint density at radius 2 is 2.00 bits per heavy atom. The number of aliphatic hydroxyl groups excluding tert-OH is 1. The second-order valence-electron chi connectivity index (χ2n) is 4.71. The van der Waals surface area contributed by atoms with Crippen LogP contribution in [0.25, 0.3) is 0 Å². The topological polar surface area (TPSA) is 54.0 Å². The van der Waals surface area contributed by atoms with Crippen LogP contribution in [0.3, 0.4) is 0 Å². The molecule has 0 bridgehead atoms. The summed E-state index contributed by atoms with van der Waals surface area (Å²) in [6, 6.07) is 3.78. The summed E-state index contributed by atoms with van der Waals surface area (Å²) < 4.78 is 11.8. The number of hydrogen-bond acceptors (Lipinski definition) is 5. The van der Waals surface area contributed by atoms with Gasteiger partial charge in [-0.25, -0.2) is 0 Å². The third kappa shape index (κ3) is 3.25. The summed E-state index contributed by atoms with van der Waals surface area (Å²) >= 11 is 3.49. The van der Waals surface area contributed by atoms with Crippen molar-refractivity contribution in [3.63, 3.8) is 0 Å². The lowest BCUT2D eigenvalue weighted by Gasteiger charge is -2.35. The lowest BCUT2D eigenvalue weighted by Crippen LogP contribution is -2.46. The van der Waals surface area contributed by atoms with Gasteiger partial charge in [0.05, 0.1) is 26.9 Å². The molecule has 1 saturated heterocycles. The van der Waals surface area contributed by atoms with Gasteiger partial charge in [-0.15, -0.1) is 0 Å². The van der Waals surface area contributed by atoms with Gasteiger partial charge >= 0.3 is 0 Å². The molecule has 1 atom stereocenters. The van der Waals surface area contributed by atoms with Crippen molar-refractivity contribution in [2.75, 3.05) is 47.0 Å². The minimum Gasteiger partial charge on any atom is -0.493 e. The maximum absolute atomic E-state index is 9.83. The molecule has 1 fully saturated rings. The molecule has 20 heavy (non-hydrogen) atoms. The first kappa shape index (κ1) is 15.6. The van der Waals surface area contributed by atoms with Crippen LogP contribution in [-0.4, -0.2) is 57.0 Å². The summed E-state index contributed by atoms with van der Waals surface area (Å²) in [6.45, 7) is 3.73. The number of halogens is 1. The molecule has 1 heterocycles. The van der Waals surface area contributed by atoms with Crippen LogP contribution < -0.4 is 14.8 Å². The van der Waals surface area contributed by atoms with Gasteiger partial charge in [0.1, 0.15) is 0 Å². The fourth-order valence-corrected chi connectivity index (χ4v) is 3.07. The average Bonchev–Trinajstić information content (AvgIpc) is 2.48. The van der Waals surface area contributed by atoms with E-state index in [1.807, 2.05) is 12.1 Å². The smallest absolute Gasteiger partial charge is 0.165 e. The maximum Gasteiger partial charge on any atom is 0.165 e. The normalized spacial score (nSPS) is 17.8. The standard InChI is InChI=1S/C14H21BrN2O3/c1-19-13-8-10(15)7-11(14(13)20-2)12(9-18)17-5-3-16-4-6-17/h7-8,12,16,18H,3-6,9H2,1-2H3. The summed E-state index contributed by atoms with van der Waals surface area (Å²) in [6.07, 6.45) is 0. The summed E-state index contributed by atoms with van der Waals surface area (Å²) in [7, 11) is 3.24. The fraction of sp³-hybridized carbons (Fsp3) is 0.571. The van der Waals surface area contributed by atoms with Crippen molar-refractivity contribution in [3.05, 3.63) is 22.2 Å². The monoisotopic (exact) mass is 344 g/mol. The number of hydrogen-bond donors (Lipinski definition) is 2. The highest BCUT2D eigenvalue weighted by Crippen LogP contribution is 2.39. The zero-order valence-electron chi connectivity index (χ0n) is 11.9. The summed E-state index contributed by atoms with van der Waals surface area (Å²) in [5, 5.41) is 13.2. The zero-order chi connectivity index (χ0) is 14.5. The van der Waals surface area contributed by atoms with Gasteiger partial charge in [-0.05, 0) is 12.1 Å². The molecular formula is C14H21BrN2O3. The Kier molecular flexibility index (Phi) is 5.65. The molecule has 0 amide bonds. The number of aliphatic hydroxyl groups is 1. The van der Waals surface area contributed by atoms with Crippen LogP contribution in [0.2, 0.25) is 0 Å². The number of methoxy groups -OCH3 is 2. The van der Waals surface area contributed by atoms with Gasteiger partial charge in [0.15, 0.2) is 11.5 Å². The van der Waals surface area contributed by atoms with E-state index in [1.54, 1.807) is 14.2 Å². The Morgan fingerprint density at radius 3 is 2.55 bits per heavy atom. The quantitative estimate of drug-likeness (QED) is 0.845. The lowest BCUT2D eigenvalue weighted by atomic mass is 10.0. The van der Waals surface area contributed by atoms with Gasteiger partial charge in [-0.1, -0.05) is 15.9 Å². The van der Waals surface area contributed by atoms with Gasteiger partial charge in [-0.2, -0.15) is 0 Å². The van der Waals surface area contributed by atoms with Crippen LogP contribution in [-0.2, 0) is 0 Å².